The highest BCUT2D eigenvalue weighted by atomic mass is 32.2. The molecule has 0 bridgehead atoms. The minimum atomic E-state index is 0.536. The maximum Gasteiger partial charge on any atom is 0.223 e. The number of H-pyrrole nitrogens is 1. The van der Waals surface area contributed by atoms with Gasteiger partial charge in [-0.1, -0.05) is 16.9 Å². The summed E-state index contributed by atoms with van der Waals surface area (Å²) in [4.78, 5) is 8.59. The number of thioether (sulfide) groups is 1. The van der Waals surface area contributed by atoms with Crippen molar-refractivity contribution in [2.24, 2.45) is 0 Å². The molecule has 2 heterocycles. The number of methoxy groups -OCH3 is 2. The van der Waals surface area contributed by atoms with Crippen LogP contribution < -0.4 is 9.47 Å². The van der Waals surface area contributed by atoms with E-state index < -0.39 is 0 Å². The van der Waals surface area contributed by atoms with E-state index in [0.717, 1.165) is 5.56 Å². The maximum atomic E-state index is 5.38. The molecular formula is C14H15N5O3S. The molecule has 0 atom stereocenters. The summed E-state index contributed by atoms with van der Waals surface area (Å²) in [6.45, 7) is 1.75. The van der Waals surface area contributed by atoms with Crippen LogP contribution in [0, 0.1) is 6.92 Å². The Labute approximate surface area is 136 Å². The first-order chi connectivity index (χ1) is 11.2. The van der Waals surface area contributed by atoms with Crippen LogP contribution in [0.4, 0.5) is 0 Å². The largest absolute Gasteiger partial charge is 0.497 e. The molecule has 0 aliphatic carbocycles. The smallest absolute Gasteiger partial charge is 0.223 e. The Morgan fingerprint density at radius 2 is 2.09 bits per heavy atom. The number of hydrogen-bond donors (Lipinski definition) is 1. The Hall–Kier alpha value is -2.55. The summed E-state index contributed by atoms with van der Waals surface area (Å²) in [6, 6.07) is 5.51. The Morgan fingerprint density at radius 1 is 1.22 bits per heavy atom. The summed E-state index contributed by atoms with van der Waals surface area (Å²) < 4.78 is 15.5. The van der Waals surface area contributed by atoms with Crippen molar-refractivity contribution in [3.05, 3.63) is 29.9 Å². The third kappa shape index (κ3) is 3.45. The van der Waals surface area contributed by atoms with Gasteiger partial charge in [-0.05, 0) is 12.1 Å². The normalized spacial score (nSPS) is 10.7. The van der Waals surface area contributed by atoms with Gasteiger partial charge >= 0.3 is 0 Å². The molecule has 1 aromatic carbocycles. The minimum absolute atomic E-state index is 0.536. The highest BCUT2D eigenvalue weighted by molar-refractivity contribution is 7.98. The fraction of sp³-hybridized carbons (Fsp3) is 0.286. The molecule has 3 aromatic rings. The van der Waals surface area contributed by atoms with Crippen LogP contribution in [0.1, 0.15) is 11.7 Å². The van der Waals surface area contributed by atoms with Crippen LogP contribution >= 0.6 is 11.8 Å². The number of aromatic nitrogens is 5. The van der Waals surface area contributed by atoms with E-state index in [9.17, 15) is 0 Å². The summed E-state index contributed by atoms with van der Waals surface area (Å²) in [6.07, 6.45) is 0. The van der Waals surface area contributed by atoms with E-state index in [4.69, 9.17) is 14.0 Å². The molecule has 0 saturated carbocycles. The van der Waals surface area contributed by atoms with Crippen LogP contribution in [-0.4, -0.2) is 39.5 Å². The highest BCUT2D eigenvalue weighted by Crippen LogP contribution is 2.32. The summed E-state index contributed by atoms with van der Waals surface area (Å²) in [5, 5.41) is 11.5. The van der Waals surface area contributed by atoms with Crippen molar-refractivity contribution in [2.75, 3.05) is 14.2 Å². The summed E-state index contributed by atoms with van der Waals surface area (Å²) in [5.41, 5.74) is 0.808. The molecule has 0 unspecified atom stereocenters. The van der Waals surface area contributed by atoms with Gasteiger partial charge in [0.15, 0.2) is 11.6 Å². The first-order valence-electron chi connectivity index (χ1n) is 6.76. The van der Waals surface area contributed by atoms with Crippen molar-refractivity contribution < 1.29 is 14.0 Å². The minimum Gasteiger partial charge on any atom is -0.497 e. The Morgan fingerprint density at radius 3 is 2.78 bits per heavy atom. The average molecular weight is 333 g/mol. The molecule has 9 heteroatoms. The molecule has 8 nitrogen and oxygen atoms in total. The van der Waals surface area contributed by atoms with Crippen LogP contribution in [0.5, 0.6) is 11.5 Å². The number of aromatic amines is 1. The summed E-state index contributed by atoms with van der Waals surface area (Å²) in [7, 11) is 3.21. The van der Waals surface area contributed by atoms with Crippen molar-refractivity contribution in [3.63, 3.8) is 0 Å². The lowest BCUT2D eigenvalue weighted by atomic mass is 10.2. The zero-order valence-electron chi connectivity index (χ0n) is 12.9. The van der Waals surface area contributed by atoms with Gasteiger partial charge in [0.1, 0.15) is 11.5 Å². The van der Waals surface area contributed by atoms with E-state index in [-0.39, 0.29) is 0 Å². The third-order valence-electron chi connectivity index (χ3n) is 3.03. The lowest BCUT2D eigenvalue weighted by Gasteiger charge is -2.07. The maximum absolute atomic E-state index is 5.38. The number of rotatable bonds is 6. The van der Waals surface area contributed by atoms with Gasteiger partial charge in [-0.15, -0.1) is 5.10 Å². The zero-order valence-corrected chi connectivity index (χ0v) is 13.7. The topological polar surface area (TPSA) is 99.0 Å². The standard InChI is InChI=1S/C14H15N5O3S/c1-8-15-12(19-22-8)7-23-14-16-13(17-18-14)10-5-4-9(20-2)6-11(10)21-3/h4-6H,7H2,1-3H3,(H,16,17,18). The zero-order chi connectivity index (χ0) is 16.2. The highest BCUT2D eigenvalue weighted by Gasteiger charge is 2.13. The number of nitrogens with one attached hydrogen (secondary N) is 1. The van der Waals surface area contributed by atoms with Gasteiger partial charge in [0, 0.05) is 13.0 Å². The van der Waals surface area contributed by atoms with E-state index in [2.05, 4.69) is 25.3 Å². The average Bonchev–Trinajstić information content (AvgIpc) is 3.21. The molecule has 0 aliphatic heterocycles. The van der Waals surface area contributed by atoms with Gasteiger partial charge in [-0.3, -0.25) is 5.10 Å². The van der Waals surface area contributed by atoms with E-state index in [1.54, 1.807) is 27.2 Å². The summed E-state index contributed by atoms with van der Waals surface area (Å²) >= 11 is 1.42. The fourth-order valence-electron chi connectivity index (χ4n) is 1.95. The van der Waals surface area contributed by atoms with Crippen LogP contribution in [0.15, 0.2) is 27.9 Å². The van der Waals surface area contributed by atoms with Gasteiger partial charge in [0.05, 0.1) is 25.5 Å². The number of hydrogen-bond acceptors (Lipinski definition) is 8. The monoisotopic (exact) mass is 333 g/mol. The third-order valence-corrected chi connectivity index (χ3v) is 3.87. The van der Waals surface area contributed by atoms with Crippen molar-refractivity contribution in [1.29, 1.82) is 0 Å². The van der Waals surface area contributed by atoms with Gasteiger partial charge in [-0.25, -0.2) is 4.98 Å². The van der Waals surface area contributed by atoms with Crippen molar-refractivity contribution in [1.82, 2.24) is 25.3 Å². The molecule has 2 aromatic heterocycles. The van der Waals surface area contributed by atoms with E-state index >= 15 is 0 Å². The second-order valence-corrected chi connectivity index (χ2v) is 5.49. The molecule has 120 valence electrons. The van der Waals surface area contributed by atoms with Crippen LogP contribution in [0.3, 0.4) is 0 Å². The van der Waals surface area contributed by atoms with Gasteiger partial charge in [0.25, 0.3) is 0 Å². The predicted octanol–water partition coefficient (Wildman–Crippen LogP) is 2.47. The SMILES string of the molecule is COc1ccc(-c2nc(SCc3noc(C)n3)n[nH]2)c(OC)c1. The molecule has 0 fully saturated rings. The first kappa shape index (κ1) is 15.3. The van der Waals surface area contributed by atoms with Gasteiger partial charge < -0.3 is 14.0 Å². The number of aryl methyl sites for hydroxylation is 1. The Bertz CT molecular complexity index is 801. The molecule has 0 spiro atoms. The number of benzene rings is 1. The van der Waals surface area contributed by atoms with Gasteiger partial charge in [0.2, 0.25) is 11.0 Å². The molecule has 0 saturated heterocycles. The van der Waals surface area contributed by atoms with Crippen molar-refractivity contribution >= 4 is 11.8 Å². The van der Waals surface area contributed by atoms with E-state index in [0.29, 0.717) is 39.9 Å². The number of nitrogens with zero attached hydrogens (tertiary/aromatic N) is 4. The Kier molecular flexibility index (Phi) is 4.47. The molecule has 3 rings (SSSR count). The van der Waals surface area contributed by atoms with Crippen LogP contribution in [0.25, 0.3) is 11.4 Å². The van der Waals surface area contributed by atoms with E-state index in [1.165, 1.54) is 11.8 Å². The fourth-order valence-corrected chi connectivity index (χ4v) is 2.60. The van der Waals surface area contributed by atoms with Crippen LogP contribution in [-0.2, 0) is 5.75 Å². The summed E-state index contributed by atoms with van der Waals surface area (Å²) in [5.74, 6) is 3.68. The quantitative estimate of drug-likeness (QED) is 0.687. The second-order valence-electron chi connectivity index (χ2n) is 4.55. The van der Waals surface area contributed by atoms with Crippen molar-refractivity contribution in [2.45, 2.75) is 17.8 Å². The van der Waals surface area contributed by atoms with Crippen LogP contribution in [0.2, 0.25) is 0 Å². The number of ether oxygens (including phenoxy) is 2. The molecule has 0 amide bonds. The van der Waals surface area contributed by atoms with E-state index in [1.807, 2.05) is 12.1 Å². The lowest BCUT2D eigenvalue weighted by molar-refractivity contribution is 0.389. The molecular weight excluding hydrogens is 318 g/mol. The first-order valence-corrected chi connectivity index (χ1v) is 7.75. The lowest BCUT2D eigenvalue weighted by Crippen LogP contribution is -1.91. The second kappa shape index (κ2) is 6.69. The Balaban J connectivity index is 1.76. The van der Waals surface area contributed by atoms with Gasteiger partial charge in [-0.2, -0.15) is 4.98 Å². The van der Waals surface area contributed by atoms with Crippen molar-refractivity contribution in [3.8, 4) is 22.9 Å². The molecule has 0 aliphatic rings. The molecule has 1 N–H and O–H groups in total. The molecule has 23 heavy (non-hydrogen) atoms. The molecule has 0 radical (unpaired) electrons. The predicted molar refractivity (Wildman–Crippen MR) is 83.5 cm³/mol.